The van der Waals surface area contributed by atoms with Crippen LogP contribution in [0.5, 0.6) is 0 Å². The van der Waals surface area contributed by atoms with Crippen LogP contribution in [0.2, 0.25) is 5.02 Å². The Balaban J connectivity index is 1.86. The Labute approximate surface area is 200 Å². The monoisotopic (exact) mass is 491 g/mol. The summed E-state index contributed by atoms with van der Waals surface area (Å²) in [6.45, 7) is 4.75. The van der Waals surface area contributed by atoms with Gasteiger partial charge in [0.25, 0.3) is 11.8 Å². The van der Waals surface area contributed by atoms with Crippen molar-refractivity contribution in [3.63, 3.8) is 0 Å². The van der Waals surface area contributed by atoms with E-state index in [9.17, 15) is 18.0 Å². The van der Waals surface area contributed by atoms with Crippen molar-refractivity contribution in [3.8, 4) is 0 Å². The van der Waals surface area contributed by atoms with Crippen LogP contribution in [0.25, 0.3) is 0 Å². The van der Waals surface area contributed by atoms with Gasteiger partial charge >= 0.3 is 0 Å². The number of benzene rings is 2. The van der Waals surface area contributed by atoms with E-state index in [-0.39, 0.29) is 27.4 Å². The molecule has 0 radical (unpaired) electrons. The van der Waals surface area contributed by atoms with Gasteiger partial charge in [-0.25, -0.2) is 8.42 Å². The van der Waals surface area contributed by atoms with Crippen molar-refractivity contribution in [1.82, 2.24) is 9.62 Å². The second kappa shape index (κ2) is 11.1. The molecule has 0 aromatic heterocycles. The van der Waals surface area contributed by atoms with E-state index in [1.165, 1.54) is 22.5 Å². The zero-order valence-corrected chi connectivity index (χ0v) is 20.5. The molecule has 7 nitrogen and oxygen atoms in total. The van der Waals surface area contributed by atoms with Crippen LogP contribution < -0.4 is 10.6 Å². The Morgan fingerprint density at radius 3 is 2.36 bits per heavy atom. The standard InChI is InChI=1S/C24H30ClN3O4S/c1-3-17(2)26-24(30)19-10-6-7-11-21(19)27-23(29)18-12-13-20(25)22(16-18)33(31,32)28-14-8-4-5-9-15-28/h6-7,10-13,16-17H,3-5,8-9,14-15H2,1-2H3,(H,26,30)(H,27,29)/t17-/m1/s1. The van der Waals surface area contributed by atoms with Crippen LogP contribution in [0.1, 0.15) is 66.7 Å². The molecule has 0 bridgehead atoms. The smallest absolute Gasteiger partial charge is 0.255 e. The summed E-state index contributed by atoms with van der Waals surface area (Å²) >= 11 is 6.24. The third kappa shape index (κ3) is 6.13. The van der Waals surface area contributed by atoms with Gasteiger partial charge in [0.05, 0.1) is 16.3 Å². The van der Waals surface area contributed by atoms with Crippen molar-refractivity contribution in [3.05, 3.63) is 58.6 Å². The quantitative estimate of drug-likeness (QED) is 0.587. The number of nitrogens with one attached hydrogen (secondary N) is 2. The highest BCUT2D eigenvalue weighted by molar-refractivity contribution is 7.89. The van der Waals surface area contributed by atoms with E-state index in [0.29, 0.717) is 24.3 Å². The Morgan fingerprint density at radius 2 is 1.70 bits per heavy atom. The Morgan fingerprint density at radius 1 is 1.03 bits per heavy atom. The third-order valence-electron chi connectivity index (χ3n) is 5.79. The molecule has 178 valence electrons. The van der Waals surface area contributed by atoms with Crippen molar-refractivity contribution >= 4 is 39.1 Å². The summed E-state index contributed by atoms with van der Waals surface area (Å²) in [6, 6.07) is 10.9. The maximum Gasteiger partial charge on any atom is 0.255 e. The number of hydrogen-bond acceptors (Lipinski definition) is 4. The fraction of sp³-hybridized carbons (Fsp3) is 0.417. The lowest BCUT2D eigenvalue weighted by Crippen LogP contribution is -2.33. The van der Waals surface area contributed by atoms with Crippen LogP contribution in [-0.4, -0.2) is 43.7 Å². The summed E-state index contributed by atoms with van der Waals surface area (Å²) in [7, 11) is -3.83. The average molecular weight is 492 g/mol. The number of hydrogen-bond donors (Lipinski definition) is 2. The highest BCUT2D eigenvalue weighted by Gasteiger charge is 2.28. The van der Waals surface area contributed by atoms with Crippen molar-refractivity contribution in [2.75, 3.05) is 18.4 Å². The highest BCUT2D eigenvalue weighted by Crippen LogP contribution is 2.28. The van der Waals surface area contributed by atoms with E-state index in [2.05, 4.69) is 10.6 Å². The summed E-state index contributed by atoms with van der Waals surface area (Å²) in [5, 5.41) is 5.69. The molecule has 3 rings (SSSR count). The minimum absolute atomic E-state index is 0.00993. The zero-order chi connectivity index (χ0) is 24.0. The molecule has 2 aromatic rings. The molecule has 2 N–H and O–H groups in total. The van der Waals surface area contributed by atoms with Crippen molar-refractivity contribution in [2.24, 2.45) is 0 Å². The fourth-order valence-electron chi connectivity index (χ4n) is 3.65. The van der Waals surface area contributed by atoms with Gasteiger partial charge in [0.1, 0.15) is 4.90 Å². The first kappa shape index (κ1) is 25.2. The Bertz CT molecular complexity index is 1110. The van der Waals surface area contributed by atoms with E-state index in [0.717, 1.165) is 32.1 Å². The Hall–Kier alpha value is -2.42. The van der Waals surface area contributed by atoms with Crippen molar-refractivity contribution in [2.45, 2.75) is 56.9 Å². The summed E-state index contributed by atoms with van der Waals surface area (Å²) in [6.07, 6.45) is 4.36. The van der Waals surface area contributed by atoms with E-state index in [1.54, 1.807) is 24.3 Å². The molecule has 0 spiro atoms. The van der Waals surface area contributed by atoms with Crippen LogP contribution in [-0.2, 0) is 10.0 Å². The van der Waals surface area contributed by atoms with Gasteiger partial charge in [-0.2, -0.15) is 4.31 Å². The lowest BCUT2D eigenvalue weighted by molar-refractivity contribution is 0.0940. The predicted octanol–water partition coefficient (Wildman–Crippen LogP) is 4.69. The molecule has 9 heteroatoms. The van der Waals surface area contributed by atoms with E-state index in [4.69, 9.17) is 11.6 Å². The van der Waals surface area contributed by atoms with Crippen LogP contribution in [0.4, 0.5) is 5.69 Å². The number of sulfonamides is 1. The van der Waals surface area contributed by atoms with Gasteiger partial charge in [-0.1, -0.05) is 43.5 Å². The van der Waals surface area contributed by atoms with Gasteiger partial charge in [-0.15, -0.1) is 0 Å². The predicted molar refractivity (Wildman–Crippen MR) is 130 cm³/mol. The molecule has 1 fully saturated rings. The number of anilines is 1. The number of amides is 2. The minimum atomic E-state index is -3.83. The van der Waals surface area contributed by atoms with Crippen LogP contribution in [0, 0.1) is 0 Å². The van der Waals surface area contributed by atoms with Crippen LogP contribution in [0.3, 0.4) is 0 Å². The fourth-order valence-corrected chi connectivity index (χ4v) is 5.67. The van der Waals surface area contributed by atoms with Crippen molar-refractivity contribution in [1.29, 1.82) is 0 Å². The molecule has 0 aliphatic carbocycles. The van der Waals surface area contributed by atoms with E-state index < -0.39 is 15.9 Å². The molecule has 1 atom stereocenters. The molecule has 1 saturated heterocycles. The molecule has 33 heavy (non-hydrogen) atoms. The normalized spacial score (nSPS) is 16.0. The second-order valence-corrected chi connectivity index (χ2v) is 10.6. The topological polar surface area (TPSA) is 95.6 Å². The molecule has 0 unspecified atom stereocenters. The summed E-state index contributed by atoms with van der Waals surface area (Å²) in [5.74, 6) is -0.816. The van der Waals surface area contributed by atoms with Gasteiger partial charge in [0.15, 0.2) is 0 Å². The summed E-state index contributed by atoms with van der Waals surface area (Å²) in [5.41, 5.74) is 0.817. The van der Waals surface area contributed by atoms with Gasteiger partial charge in [0, 0.05) is 24.7 Å². The number of carbonyl (C=O) groups is 2. The number of nitrogens with zero attached hydrogens (tertiary/aromatic N) is 1. The molecule has 1 aliphatic rings. The van der Waals surface area contributed by atoms with Crippen LogP contribution in [0.15, 0.2) is 47.4 Å². The van der Waals surface area contributed by atoms with E-state index in [1.807, 2.05) is 13.8 Å². The molecular weight excluding hydrogens is 462 g/mol. The second-order valence-electron chi connectivity index (χ2n) is 8.25. The molecule has 2 aromatic carbocycles. The number of para-hydroxylation sites is 1. The molecule has 2 amide bonds. The van der Waals surface area contributed by atoms with Crippen LogP contribution >= 0.6 is 11.6 Å². The van der Waals surface area contributed by atoms with E-state index >= 15 is 0 Å². The molecular formula is C24H30ClN3O4S. The molecule has 1 aliphatic heterocycles. The summed E-state index contributed by atoms with van der Waals surface area (Å²) in [4.78, 5) is 25.5. The molecule has 0 saturated carbocycles. The third-order valence-corrected chi connectivity index (χ3v) is 8.17. The van der Waals surface area contributed by atoms with Crippen molar-refractivity contribution < 1.29 is 18.0 Å². The van der Waals surface area contributed by atoms with Gasteiger partial charge < -0.3 is 10.6 Å². The Kier molecular flexibility index (Phi) is 8.51. The maximum absolute atomic E-state index is 13.2. The van der Waals surface area contributed by atoms with Gasteiger partial charge in [-0.05, 0) is 56.5 Å². The SMILES string of the molecule is CC[C@@H](C)NC(=O)c1ccccc1NC(=O)c1ccc(Cl)c(S(=O)(=O)N2CCCCCC2)c1. The average Bonchev–Trinajstić information content (AvgIpc) is 3.09. The lowest BCUT2D eigenvalue weighted by atomic mass is 10.1. The first-order valence-corrected chi connectivity index (χ1v) is 13.1. The number of carbonyl (C=O) groups excluding carboxylic acids is 2. The largest absolute Gasteiger partial charge is 0.350 e. The van der Waals surface area contributed by atoms with Gasteiger partial charge in [0.2, 0.25) is 10.0 Å². The maximum atomic E-state index is 13.2. The first-order chi connectivity index (χ1) is 15.7. The van der Waals surface area contributed by atoms with Gasteiger partial charge in [-0.3, -0.25) is 9.59 Å². The summed E-state index contributed by atoms with van der Waals surface area (Å²) < 4.78 is 27.9. The lowest BCUT2D eigenvalue weighted by Gasteiger charge is -2.21. The zero-order valence-electron chi connectivity index (χ0n) is 18.9. The highest BCUT2D eigenvalue weighted by atomic mass is 35.5. The minimum Gasteiger partial charge on any atom is -0.350 e. The number of halogens is 1. The first-order valence-electron chi connectivity index (χ1n) is 11.2. The number of rotatable bonds is 7. The molecule has 1 heterocycles.